The molecule has 0 unspecified atom stereocenters. The summed E-state index contributed by atoms with van der Waals surface area (Å²) in [6, 6.07) is 0. The first-order valence-corrected chi connectivity index (χ1v) is 4.41. The molecule has 0 aromatic rings. The SMILES string of the molecule is C=C=CCN(CCC)CCC. The molecule has 0 aromatic carbocycles. The monoisotopic (exact) mass is 153 g/mol. The highest BCUT2D eigenvalue weighted by molar-refractivity contribution is 4.79. The van der Waals surface area contributed by atoms with Gasteiger partial charge in [-0.1, -0.05) is 20.4 Å². The van der Waals surface area contributed by atoms with E-state index in [0.29, 0.717) is 0 Å². The predicted molar refractivity (Wildman–Crippen MR) is 50.7 cm³/mol. The van der Waals surface area contributed by atoms with Gasteiger partial charge in [0.25, 0.3) is 0 Å². The second-order valence-electron chi connectivity index (χ2n) is 2.71. The molecular formula is C10H19N. The van der Waals surface area contributed by atoms with Gasteiger partial charge in [0.2, 0.25) is 0 Å². The van der Waals surface area contributed by atoms with Crippen LogP contribution in [0.15, 0.2) is 18.4 Å². The molecule has 0 atom stereocenters. The van der Waals surface area contributed by atoms with Gasteiger partial charge in [-0.25, -0.2) is 0 Å². The number of rotatable bonds is 6. The summed E-state index contributed by atoms with van der Waals surface area (Å²) in [5.41, 5.74) is 2.80. The Labute approximate surface area is 70.4 Å². The predicted octanol–water partition coefficient (Wildman–Crippen LogP) is 2.45. The van der Waals surface area contributed by atoms with E-state index in [9.17, 15) is 0 Å². The van der Waals surface area contributed by atoms with Crippen LogP contribution in [0, 0.1) is 0 Å². The van der Waals surface area contributed by atoms with E-state index in [-0.39, 0.29) is 0 Å². The Kier molecular flexibility index (Phi) is 7.23. The molecule has 0 rings (SSSR count). The van der Waals surface area contributed by atoms with Crippen LogP contribution in [0.4, 0.5) is 0 Å². The molecular weight excluding hydrogens is 134 g/mol. The Balaban J connectivity index is 3.58. The van der Waals surface area contributed by atoms with Crippen LogP contribution < -0.4 is 0 Å². The first-order valence-electron chi connectivity index (χ1n) is 4.41. The summed E-state index contributed by atoms with van der Waals surface area (Å²) in [6.07, 6.45) is 4.45. The molecule has 1 heteroatoms. The molecule has 0 spiro atoms. The van der Waals surface area contributed by atoms with Crippen LogP contribution in [-0.2, 0) is 0 Å². The highest BCUT2D eigenvalue weighted by Crippen LogP contribution is 1.93. The van der Waals surface area contributed by atoms with Crippen molar-refractivity contribution in [2.24, 2.45) is 0 Å². The Morgan fingerprint density at radius 2 is 1.82 bits per heavy atom. The fraction of sp³-hybridized carbons (Fsp3) is 0.700. The molecule has 0 aliphatic carbocycles. The zero-order valence-electron chi connectivity index (χ0n) is 7.77. The van der Waals surface area contributed by atoms with E-state index < -0.39 is 0 Å². The van der Waals surface area contributed by atoms with Gasteiger partial charge in [0.05, 0.1) is 0 Å². The standard InChI is InChI=1S/C10H19N/c1-4-7-10-11(8-5-2)9-6-3/h7H,1,5-6,8-10H2,2-3H3. The summed E-state index contributed by atoms with van der Waals surface area (Å²) in [5.74, 6) is 0. The molecule has 0 bridgehead atoms. The van der Waals surface area contributed by atoms with Crippen molar-refractivity contribution in [1.82, 2.24) is 4.90 Å². The van der Waals surface area contributed by atoms with Gasteiger partial charge in [-0.3, -0.25) is 4.90 Å². The number of hydrogen-bond donors (Lipinski definition) is 0. The maximum atomic E-state index is 3.55. The van der Waals surface area contributed by atoms with Crippen LogP contribution in [0.1, 0.15) is 26.7 Å². The molecule has 1 nitrogen and oxygen atoms in total. The van der Waals surface area contributed by atoms with Gasteiger partial charge in [0.15, 0.2) is 0 Å². The lowest BCUT2D eigenvalue weighted by Gasteiger charge is -2.17. The average Bonchev–Trinajstić information content (AvgIpc) is 2.01. The second kappa shape index (κ2) is 7.59. The Morgan fingerprint density at radius 1 is 1.27 bits per heavy atom. The quantitative estimate of drug-likeness (QED) is 0.530. The summed E-state index contributed by atoms with van der Waals surface area (Å²) in [7, 11) is 0. The number of hydrogen-bond acceptors (Lipinski definition) is 1. The van der Waals surface area contributed by atoms with Gasteiger partial charge >= 0.3 is 0 Å². The third-order valence-corrected chi connectivity index (χ3v) is 1.57. The van der Waals surface area contributed by atoms with Gasteiger partial charge in [-0.05, 0) is 32.0 Å². The molecule has 0 fully saturated rings. The Morgan fingerprint density at radius 3 is 2.18 bits per heavy atom. The Hall–Kier alpha value is -0.520. The first kappa shape index (κ1) is 10.5. The van der Waals surface area contributed by atoms with Crippen molar-refractivity contribution in [3.8, 4) is 0 Å². The minimum Gasteiger partial charge on any atom is -0.299 e. The molecule has 0 saturated carbocycles. The van der Waals surface area contributed by atoms with Crippen molar-refractivity contribution in [2.45, 2.75) is 26.7 Å². The van der Waals surface area contributed by atoms with E-state index in [4.69, 9.17) is 0 Å². The van der Waals surface area contributed by atoms with Crippen molar-refractivity contribution >= 4 is 0 Å². The second-order valence-corrected chi connectivity index (χ2v) is 2.71. The van der Waals surface area contributed by atoms with Crippen LogP contribution in [0.25, 0.3) is 0 Å². The van der Waals surface area contributed by atoms with E-state index in [1.54, 1.807) is 0 Å². The van der Waals surface area contributed by atoms with E-state index in [0.717, 1.165) is 6.54 Å². The zero-order chi connectivity index (χ0) is 8.53. The first-order chi connectivity index (χ1) is 5.35. The van der Waals surface area contributed by atoms with Gasteiger partial charge in [0.1, 0.15) is 0 Å². The van der Waals surface area contributed by atoms with Gasteiger partial charge < -0.3 is 0 Å². The van der Waals surface area contributed by atoms with Crippen molar-refractivity contribution < 1.29 is 0 Å². The molecule has 0 aliphatic rings. The number of nitrogens with zero attached hydrogens (tertiary/aromatic N) is 1. The summed E-state index contributed by atoms with van der Waals surface area (Å²) in [6.45, 7) is 11.3. The van der Waals surface area contributed by atoms with Gasteiger partial charge in [-0.2, -0.15) is 0 Å². The highest BCUT2D eigenvalue weighted by Gasteiger charge is 1.97. The summed E-state index contributed by atoms with van der Waals surface area (Å²) in [5, 5.41) is 0. The van der Waals surface area contributed by atoms with Gasteiger partial charge in [0, 0.05) is 6.54 Å². The Bertz CT molecular complexity index is 117. The molecule has 0 radical (unpaired) electrons. The highest BCUT2D eigenvalue weighted by atomic mass is 15.1. The lowest BCUT2D eigenvalue weighted by atomic mass is 10.3. The topological polar surface area (TPSA) is 3.24 Å². The summed E-state index contributed by atoms with van der Waals surface area (Å²) in [4.78, 5) is 2.41. The van der Waals surface area contributed by atoms with Crippen molar-refractivity contribution in [3.05, 3.63) is 18.4 Å². The normalized spacial score (nSPS) is 9.73. The van der Waals surface area contributed by atoms with Gasteiger partial charge in [-0.15, -0.1) is 5.73 Å². The zero-order valence-corrected chi connectivity index (χ0v) is 7.77. The van der Waals surface area contributed by atoms with Crippen LogP contribution in [-0.4, -0.2) is 24.5 Å². The van der Waals surface area contributed by atoms with Crippen LogP contribution >= 0.6 is 0 Å². The average molecular weight is 153 g/mol. The van der Waals surface area contributed by atoms with Crippen LogP contribution in [0.3, 0.4) is 0 Å². The minimum absolute atomic E-state index is 1.01. The smallest absolute Gasteiger partial charge is 0.0238 e. The molecule has 0 saturated heterocycles. The molecule has 0 N–H and O–H groups in total. The fourth-order valence-corrected chi connectivity index (χ4v) is 1.12. The minimum atomic E-state index is 1.01. The van der Waals surface area contributed by atoms with E-state index in [2.05, 4.69) is 31.1 Å². The molecule has 11 heavy (non-hydrogen) atoms. The summed E-state index contributed by atoms with van der Waals surface area (Å²) < 4.78 is 0. The van der Waals surface area contributed by atoms with Crippen molar-refractivity contribution in [2.75, 3.05) is 19.6 Å². The van der Waals surface area contributed by atoms with E-state index in [1.807, 2.05) is 6.08 Å². The largest absolute Gasteiger partial charge is 0.299 e. The molecule has 0 amide bonds. The summed E-state index contributed by atoms with van der Waals surface area (Å²) >= 11 is 0. The third-order valence-electron chi connectivity index (χ3n) is 1.57. The van der Waals surface area contributed by atoms with Crippen molar-refractivity contribution in [3.63, 3.8) is 0 Å². The molecule has 0 heterocycles. The fourth-order valence-electron chi connectivity index (χ4n) is 1.12. The molecule has 0 aliphatic heterocycles. The maximum absolute atomic E-state index is 3.55. The van der Waals surface area contributed by atoms with E-state index >= 15 is 0 Å². The van der Waals surface area contributed by atoms with Crippen LogP contribution in [0.2, 0.25) is 0 Å². The van der Waals surface area contributed by atoms with Crippen molar-refractivity contribution in [1.29, 1.82) is 0 Å². The third kappa shape index (κ3) is 5.90. The van der Waals surface area contributed by atoms with Crippen LogP contribution in [0.5, 0.6) is 0 Å². The molecule has 0 aromatic heterocycles. The lowest BCUT2D eigenvalue weighted by Crippen LogP contribution is -2.25. The van der Waals surface area contributed by atoms with E-state index in [1.165, 1.54) is 25.9 Å². The maximum Gasteiger partial charge on any atom is 0.0238 e. The molecule has 64 valence electrons. The lowest BCUT2D eigenvalue weighted by molar-refractivity contribution is 0.304.